The van der Waals surface area contributed by atoms with Crippen molar-refractivity contribution in [2.75, 3.05) is 0 Å². The molecule has 2 aromatic carbocycles. The maximum absolute atomic E-state index is 12.3. The van der Waals surface area contributed by atoms with Crippen molar-refractivity contribution in [3.63, 3.8) is 0 Å². The van der Waals surface area contributed by atoms with Crippen LogP contribution in [0.1, 0.15) is 11.1 Å². The molecule has 23 heavy (non-hydrogen) atoms. The normalized spacial score (nSPS) is 16.4. The van der Waals surface area contributed by atoms with Crippen molar-refractivity contribution in [2.24, 2.45) is 4.99 Å². The van der Waals surface area contributed by atoms with E-state index in [9.17, 15) is 4.79 Å². The summed E-state index contributed by atoms with van der Waals surface area (Å²) in [6, 6.07) is 16.7. The van der Waals surface area contributed by atoms with Crippen LogP contribution in [0, 0.1) is 0 Å². The highest BCUT2D eigenvalue weighted by atomic mass is 35.5. The largest absolute Gasteiger partial charge is 0.350 e. The van der Waals surface area contributed by atoms with E-state index in [1.807, 2.05) is 54.6 Å². The molecule has 1 aliphatic rings. The van der Waals surface area contributed by atoms with Crippen molar-refractivity contribution >= 4 is 29.5 Å². The van der Waals surface area contributed by atoms with Crippen LogP contribution in [0.4, 0.5) is 0 Å². The molecule has 0 bridgehead atoms. The number of aliphatic imine (C=N–C) groups is 1. The third kappa shape index (κ3) is 3.99. The summed E-state index contributed by atoms with van der Waals surface area (Å²) in [5, 5.41) is 6.60. The smallest absolute Gasteiger partial charge is 0.249 e. The fourth-order valence-corrected chi connectivity index (χ4v) is 2.49. The molecular weight excluding hydrogens is 310 g/mol. The summed E-state index contributed by atoms with van der Waals surface area (Å²) in [5.41, 5.74) is 2.80. The van der Waals surface area contributed by atoms with Gasteiger partial charge in [0, 0.05) is 17.3 Å². The second-order valence-corrected chi connectivity index (χ2v) is 5.60. The second-order valence-electron chi connectivity index (χ2n) is 5.16. The quantitative estimate of drug-likeness (QED) is 0.908. The Labute approximate surface area is 139 Å². The maximum Gasteiger partial charge on any atom is 0.249 e. The Morgan fingerprint density at radius 3 is 2.78 bits per heavy atom. The first kappa shape index (κ1) is 15.3. The van der Waals surface area contributed by atoms with Crippen molar-refractivity contribution in [2.45, 2.75) is 12.6 Å². The Kier molecular flexibility index (Phi) is 4.74. The van der Waals surface area contributed by atoms with Gasteiger partial charge in [-0.1, -0.05) is 54.1 Å². The summed E-state index contributed by atoms with van der Waals surface area (Å²) in [7, 11) is 0. The lowest BCUT2D eigenvalue weighted by atomic mass is 10.1. The molecule has 3 rings (SSSR count). The molecule has 0 aromatic heterocycles. The van der Waals surface area contributed by atoms with Crippen LogP contribution in [0.5, 0.6) is 0 Å². The van der Waals surface area contributed by atoms with Crippen LogP contribution in [0.2, 0.25) is 5.02 Å². The van der Waals surface area contributed by atoms with Gasteiger partial charge in [0.2, 0.25) is 5.91 Å². The molecule has 0 spiro atoms. The van der Waals surface area contributed by atoms with Crippen LogP contribution >= 0.6 is 11.6 Å². The van der Waals surface area contributed by atoms with E-state index >= 15 is 0 Å². The van der Waals surface area contributed by atoms with Crippen LogP contribution in [-0.2, 0) is 11.3 Å². The zero-order valence-electron chi connectivity index (χ0n) is 12.4. The highest BCUT2D eigenvalue weighted by Crippen LogP contribution is 2.19. The molecule has 1 aliphatic heterocycles. The van der Waals surface area contributed by atoms with Gasteiger partial charge in [-0.25, -0.2) is 0 Å². The molecule has 5 heteroatoms. The fourth-order valence-electron chi connectivity index (χ4n) is 2.30. The molecule has 0 saturated heterocycles. The highest BCUT2D eigenvalue weighted by molar-refractivity contribution is 6.30. The first-order valence-electron chi connectivity index (χ1n) is 7.30. The molecule has 0 radical (unpaired) electrons. The van der Waals surface area contributed by atoms with Crippen molar-refractivity contribution < 1.29 is 4.79 Å². The molecule has 1 heterocycles. The Bertz CT molecular complexity index is 756. The van der Waals surface area contributed by atoms with Crippen LogP contribution < -0.4 is 10.6 Å². The standard InChI is InChI=1S/C18H16ClN3O/c19-15-8-4-7-14(9-15)16-10-17(22-12-21-16)18(23)20-11-13-5-2-1-3-6-13/h1-10,12,17H,11H2,(H,20,23)(H,21,22). The first-order chi connectivity index (χ1) is 11.2. The lowest BCUT2D eigenvalue weighted by Crippen LogP contribution is -2.35. The Hall–Kier alpha value is -2.59. The molecule has 4 nitrogen and oxygen atoms in total. The average Bonchev–Trinajstić information content (AvgIpc) is 2.61. The topological polar surface area (TPSA) is 53.5 Å². The molecule has 1 unspecified atom stereocenters. The van der Waals surface area contributed by atoms with Gasteiger partial charge in [-0.2, -0.15) is 0 Å². The minimum absolute atomic E-state index is 0.133. The van der Waals surface area contributed by atoms with Gasteiger partial charge in [0.05, 0.1) is 6.34 Å². The Balaban J connectivity index is 1.68. The molecule has 1 amide bonds. The number of benzene rings is 2. The third-order valence-electron chi connectivity index (χ3n) is 3.49. The average molecular weight is 326 g/mol. The lowest BCUT2D eigenvalue weighted by Gasteiger charge is -2.17. The van der Waals surface area contributed by atoms with E-state index < -0.39 is 6.04 Å². The lowest BCUT2D eigenvalue weighted by molar-refractivity contribution is -0.121. The van der Waals surface area contributed by atoms with E-state index in [1.54, 1.807) is 12.4 Å². The number of halogens is 1. The van der Waals surface area contributed by atoms with Crippen LogP contribution in [-0.4, -0.2) is 18.3 Å². The number of hydrogen-bond acceptors (Lipinski definition) is 3. The van der Waals surface area contributed by atoms with Crippen molar-refractivity contribution in [1.82, 2.24) is 10.6 Å². The summed E-state index contributed by atoms with van der Waals surface area (Å²) in [5.74, 6) is -0.133. The minimum atomic E-state index is -0.547. The summed E-state index contributed by atoms with van der Waals surface area (Å²) >= 11 is 6.01. The predicted octanol–water partition coefficient (Wildman–Crippen LogP) is 3.00. The van der Waals surface area contributed by atoms with Crippen LogP contribution in [0.25, 0.3) is 5.70 Å². The number of amides is 1. The number of hydrogen-bond donors (Lipinski definition) is 2. The fraction of sp³-hybridized carbons (Fsp3) is 0.111. The van der Waals surface area contributed by atoms with E-state index in [4.69, 9.17) is 11.6 Å². The van der Waals surface area contributed by atoms with Crippen molar-refractivity contribution in [3.05, 3.63) is 76.8 Å². The van der Waals surface area contributed by atoms with Gasteiger partial charge in [-0.15, -0.1) is 0 Å². The van der Waals surface area contributed by atoms with Gasteiger partial charge >= 0.3 is 0 Å². The predicted molar refractivity (Wildman–Crippen MR) is 93.1 cm³/mol. The third-order valence-corrected chi connectivity index (χ3v) is 3.73. The van der Waals surface area contributed by atoms with Crippen LogP contribution in [0.3, 0.4) is 0 Å². The molecule has 1 atom stereocenters. The van der Waals surface area contributed by atoms with Crippen LogP contribution in [0.15, 0.2) is 65.7 Å². The highest BCUT2D eigenvalue weighted by Gasteiger charge is 2.18. The monoisotopic (exact) mass is 325 g/mol. The minimum Gasteiger partial charge on any atom is -0.350 e. The van der Waals surface area contributed by atoms with E-state index in [0.29, 0.717) is 11.6 Å². The first-order valence-corrected chi connectivity index (χ1v) is 7.68. The summed E-state index contributed by atoms with van der Waals surface area (Å²) < 4.78 is 0. The number of carbonyl (C=O) groups is 1. The molecule has 2 aromatic rings. The molecular formula is C18H16ClN3O. The molecule has 0 saturated carbocycles. The van der Waals surface area contributed by atoms with Crippen molar-refractivity contribution in [1.29, 1.82) is 0 Å². The van der Waals surface area contributed by atoms with Gasteiger partial charge < -0.3 is 10.6 Å². The van der Waals surface area contributed by atoms with Crippen molar-refractivity contribution in [3.8, 4) is 0 Å². The number of nitrogens with zero attached hydrogens (tertiary/aromatic N) is 1. The van der Waals surface area contributed by atoms with Gasteiger partial charge in [0.25, 0.3) is 0 Å². The number of carbonyl (C=O) groups excluding carboxylic acids is 1. The SMILES string of the molecule is O=C(NCc1ccccc1)C1C=C(c2cccc(Cl)c2)NC=N1. The number of rotatable bonds is 4. The molecule has 0 aliphatic carbocycles. The number of nitrogens with one attached hydrogen (secondary N) is 2. The molecule has 116 valence electrons. The van der Waals surface area contributed by atoms with E-state index in [2.05, 4.69) is 15.6 Å². The Morgan fingerprint density at radius 2 is 2.00 bits per heavy atom. The summed E-state index contributed by atoms with van der Waals surface area (Å²) in [6.45, 7) is 0.486. The van der Waals surface area contributed by atoms with E-state index in [-0.39, 0.29) is 5.91 Å². The summed E-state index contributed by atoms with van der Waals surface area (Å²) in [6.07, 6.45) is 3.34. The summed E-state index contributed by atoms with van der Waals surface area (Å²) in [4.78, 5) is 16.5. The van der Waals surface area contributed by atoms with Gasteiger partial charge in [-0.05, 0) is 29.3 Å². The molecule has 0 fully saturated rings. The van der Waals surface area contributed by atoms with Gasteiger partial charge in [-0.3, -0.25) is 9.79 Å². The van der Waals surface area contributed by atoms with E-state index in [0.717, 1.165) is 16.8 Å². The Morgan fingerprint density at radius 1 is 1.17 bits per heavy atom. The van der Waals surface area contributed by atoms with E-state index in [1.165, 1.54) is 0 Å². The zero-order valence-corrected chi connectivity index (χ0v) is 13.1. The van der Waals surface area contributed by atoms with Gasteiger partial charge in [0.15, 0.2) is 6.04 Å². The zero-order chi connectivity index (χ0) is 16.1. The molecule has 2 N–H and O–H groups in total. The maximum atomic E-state index is 12.3. The van der Waals surface area contributed by atoms with Gasteiger partial charge in [0.1, 0.15) is 0 Å². The second kappa shape index (κ2) is 7.11.